The second kappa shape index (κ2) is 6.34. The van der Waals surface area contributed by atoms with Crippen LogP contribution in [0.15, 0.2) is 0 Å². The monoisotopic (exact) mass is 271 g/mol. The Morgan fingerprint density at radius 3 is 2.89 bits per heavy atom. The Hall–Kier alpha value is -1.14. The van der Waals surface area contributed by atoms with Crippen LogP contribution in [0.2, 0.25) is 0 Å². The van der Waals surface area contributed by atoms with Crippen molar-refractivity contribution in [3.63, 3.8) is 0 Å². The van der Waals surface area contributed by atoms with Gasteiger partial charge in [-0.25, -0.2) is 0 Å². The summed E-state index contributed by atoms with van der Waals surface area (Å²) in [5.41, 5.74) is 0. The van der Waals surface area contributed by atoms with Crippen LogP contribution in [0.4, 0.5) is 0 Å². The summed E-state index contributed by atoms with van der Waals surface area (Å²) in [5, 5.41) is 2.68. The molecule has 6 heteroatoms. The van der Waals surface area contributed by atoms with Crippen LogP contribution in [-0.4, -0.2) is 49.9 Å². The Bertz CT molecular complexity index is 344. The fraction of sp³-hybridized carbons (Fsp3) is 0.846. The number of fused-ring (bicyclic) bond motifs is 1. The van der Waals surface area contributed by atoms with Crippen molar-refractivity contribution in [3.05, 3.63) is 0 Å². The molecule has 0 spiro atoms. The van der Waals surface area contributed by atoms with E-state index in [9.17, 15) is 9.59 Å². The van der Waals surface area contributed by atoms with Crippen LogP contribution in [0.5, 0.6) is 0 Å². The summed E-state index contributed by atoms with van der Waals surface area (Å²) in [6.07, 6.45) is 0.684. The van der Waals surface area contributed by atoms with Gasteiger partial charge in [-0.1, -0.05) is 13.8 Å². The van der Waals surface area contributed by atoms with Crippen LogP contribution in [0.1, 0.15) is 26.7 Å². The summed E-state index contributed by atoms with van der Waals surface area (Å²) in [6, 6.07) is 0. The summed E-state index contributed by atoms with van der Waals surface area (Å²) in [4.78, 5) is 23.0. The van der Waals surface area contributed by atoms with Gasteiger partial charge in [-0.05, 0) is 6.42 Å². The van der Waals surface area contributed by atoms with Crippen molar-refractivity contribution in [2.75, 3.05) is 19.8 Å². The summed E-state index contributed by atoms with van der Waals surface area (Å²) < 4.78 is 16.3. The average Bonchev–Trinajstić information content (AvgIpc) is 2.94. The molecule has 0 aromatic carbocycles. The van der Waals surface area contributed by atoms with Crippen LogP contribution in [-0.2, 0) is 23.8 Å². The first-order valence-electron chi connectivity index (χ1n) is 6.78. The topological polar surface area (TPSA) is 73.9 Å². The normalized spacial score (nSPS) is 29.3. The molecule has 0 aromatic heterocycles. The van der Waals surface area contributed by atoms with Gasteiger partial charge in [0.1, 0.15) is 6.10 Å². The molecule has 0 aromatic rings. The van der Waals surface area contributed by atoms with Gasteiger partial charge >= 0.3 is 5.97 Å². The van der Waals surface area contributed by atoms with Gasteiger partial charge in [-0.15, -0.1) is 0 Å². The quantitative estimate of drug-likeness (QED) is 0.725. The van der Waals surface area contributed by atoms with Gasteiger partial charge in [0.05, 0.1) is 19.1 Å². The van der Waals surface area contributed by atoms with E-state index >= 15 is 0 Å². The fourth-order valence-electron chi connectivity index (χ4n) is 2.25. The van der Waals surface area contributed by atoms with Crippen molar-refractivity contribution >= 4 is 11.9 Å². The predicted molar refractivity (Wildman–Crippen MR) is 66.4 cm³/mol. The van der Waals surface area contributed by atoms with Crippen LogP contribution in [0.25, 0.3) is 0 Å². The van der Waals surface area contributed by atoms with Gasteiger partial charge in [0, 0.05) is 19.1 Å². The molecule has 2 aliphatic rings. The Kier molecular flexibility index (Phi) is 4.76. The third-order valence-electron chi connectivity index (χ3n) is 3.36. The molecule has 2 unspecified atom stereocenters. The van der Waals surface area contributed by atoms with Gasteiger partial charge in [0.2, 0.25) is 5.91 Å². The van der Waals surface area contributed by atoms with E-state index in [-0.39, 0.29) is 42.5 Å². The summed E-state index contributed by atoms with van der Waals surface area (Å²) >= 11 is 0. The average molecular weight is 271 g/mol. The van der Waals surface area contributed by atoms with Crippen molar-refractivity contribution in [1.29, 1.82) is 0 Å². The lowest BCUT2D eigenvalue weighted by Gasteiger charge is -2.16. The number of esters is 1. The molecule has 19 heavy (non-hydrogen) atoms. The van der Waals surface area contributed by atoms with Crippen molar-refractivity contribution in [2.24, 2.45) is 5.92 Å². The minimum Gasteiger partial charge on any atom is -0.457 e. The van der Waals surface area contributed by atoms with E-state index in [0.29, 0.717) is 19.8 Å². The molecular weight excluding hydrogens is 250 g/mol. The maximum absolute atomic E-state index is 11.7. The lowest BCUT2D eigenvalue weighted by atomic mass is 10.1. The molecule has 1 amide bonds. The molecule has 2 heterocycles. The molecule has 0 radical (unpaired) electrons. The Labute approximate surface area is 112 Å². The zero-order valence-electron chi connectivity index (χ0n) is 11.4. The number of nitrogens with one attached hydrogen (secondary N) is 1. The van der Waals surface area contributed by atoms with Crippen LogP contribution in [0, 0.1) is 5.92 Å². The molecule has 1 N–H and O–H groups in total. The SMILES string of the molecule is CC(C)C(=O)NCCC(=O)O[C@H]1COC2CCOC21. The molecule has 2 rings (SSSR count). The van der Waals surface area contributed by atoms with Crippen LogP contribution >= 0.6 is 0 Å². The second-order valence-corrected chi connectivity index (χ2v) is 5.22. The van der Waals surface area contributed by atoms with E-state index in [1.807, 2.05) is 0 Å². The maximum Gasteiger partial charge on any atom is 0.308 e. The third-order valence-corrected chi connectivity index (χ3v) is 3.36. The first kappa shape index (κ1) is 14.3. The van der Waals surface area contributed by atoms with Gasteiger partial charge in [0.15, 0.2) is 6.10 Å². The van der Waals surface area contributed by atoms with E-state index in [1.165, 1.54) is 0 Å². The standard InChI is InChI=1S/C13H21NO5/c1-8(2)13(16)14-5-3-11(15)19-10-7-18-9-4-6-17-12(9)10/h8-10,12H,3-7H2,1-2H3,(H,14,16)/t9?,10-,12?/m0/s1. The Balaban J connectivity index is 1.66. The molecule has 2 saturated heterocycles. The Morgan fingerprint density at radius 1 is 1.37 bits per heavy atom. The number of rotatable bonds is 5. The zero-order valence-corrected chi connectivity index (χ0v) is 11.4. The number of amides is 1. The first-order chi connectivity index (χ1) is 9.08. The van der Waals surface area contributed by atoms with Crippen molar-refractivity contribution in [1.82, 2.24) is 5.32 Å². The van der Waals surface area contributed by atoms with Gasteiger partial charge in [-0.3, -0.25) is 9.59 Å². The van der Waals surface area contributed by atoms with E-state index in [1.54, 1.807) is 13.8 Å². The van der Waals surface area contributed by atoms with E-state index in [4.69, 9.17) is 14.2 Å². The zero-order chi connectivity index (χ0) is 13.8. The van der Waals surface area contributed by atoms with Gasteiger partial charge < -0.3 is 19.5 Å². The predicted octanol–water partition coefficient (Wildman–Crippen LogP) is 0.248. The highest BCUT2D eigenvalue weighted by Gasteiger charge is 2.43. The number of carbonyl (C=O) groups is 2. The molecular formula is C13H21NO5. The summed E-state index contributed by atoms with van der Waals surface area (Å²) in [6.45, 7) is 4.98. The second-order valence-electron chi connectivity index (χ2n) is 5.22. The highest BCUT2D eigenvalue weighted by Crippen LogP contribution is 2.28. The lowest BCUT2D eigenvalue weighted by Crippen LogP contribution is -2.34. The lowest BCUT2D eigenvalue weighted by molar-refractivity contribution is -0.153. The smallest absolute Gasteiger partial charge is 0.308 e. The highest BCUT2D eigenvalue weighted by molar-refractivity contribution is 5.78. The minimum atomic E-state index is -0.325. The van der Waals surface area contributed by atoms with Crippen molar-refractivity contribution < 1.29 is 23.8 Å². The number of carbonyl (C=O) groups excluding carboxylic acids is 2. The molecule has 0 bridgehead atoms. The highest BCUT2D eigenvalue weighted by atomic mass is 16.6. The maximum atomic E-state index is 11.7. The largest absolute Gasteiger partial charge is 0.457 e. The minimum absolute atomic E-state index is 0.0591. The Morgan fingerprint density at radius 2 is 2.16 bits per heavy atom. The van der Waals surface area contributed by atoms with E-state index in [0.717, 1.165) is 6.42 Å². The van der Waals surface area contributed by atoms with Gasteiger partial charge in [-0.2, -0.15) is 0 Å². The number of hydrogen-bond acceptors (Lipinski definition) is 5. The summed E-state index contributed by atoms with van der Waals surface area (Å²) in [7, 11) is 0. The third kappa shape index (κ3) is 3.67. The van der Waals surface area contributed by atoms with E-state index < -0.39 is 0 Å². The molecule has 6 nitrogen and oxygen atoms in total. The molecule has 2 aliphatic heterocycles. The van der Waals surface area contributed by atoms with Gasteiger partial charge in [0.25, 0.3) is 0 Å². The number of ether oxygens (including phenoxy) is 3. The number of hydrogen-bond donors (Lipinski definition) is 1. The van der Waals surface area contributed by atoms with Crippen LogP contribution < -0.4 is 5.32 Å². The molecule has 3 atom stereocenters. The molecule has 0 saturated carbocycles. The van der Waals surface area contributed by atoms with Crippen molar-refractivity contribution in [3.8, 4) is 0 Å². The molecule has 108 valence electrons. The first-order valence-corrected chi connectivity index (χ1v) is 6.78. The fourth-order valence-corrected chi connectivity index (χ4v) is 2.25. The van der Waals surface area contributed by atoms with E-state index in [2.05, 4.69) is 5.32 Å². The summed E-state index contributed by atoms with van der Waals surface area (Å²) in [5.74, 6) is -0.461. The van der Waals surface area contributed by atoms with Crippen molar-refractivity contribution in [2.45, 2.75) is 45.0 Å². The molecule has 0 aliphatic carbocycles. The molecule has 2 fully saturated rings. The van der Waals surface area contributed by atoms with Crippen LogP contribution in [0.3, 0.4) is 0 Å².